The highest BCUT2D eigenvalue weighted by atomic mass is 35.5. The second-order valence-corrected chi connectivity index (χ2v) is 6.87. The highest BCUT2D eigenvalue weighted by molar-refractivity contribution is 6.35. The molecule has 0 spiro atoms. The zero-order valence-electron chi connectivity index (χ0n) is 14.2. The molecule has 1 heterocycles. The number of esters is 1. The number of methoxy groups -OCH3 is 1. The number of halogens is 3. The Morgan fingerprint density at radius 3 is 2.26 bits per heavy atom. The molecule has 138 valence electrons. The van der Waals surface area contributed by atoms with Crippen LogP contribution in [0, 0.1) is 0 Å². The lowest BCUT2D eigenvalue weighted by Crippen LogP contribution is -2.11. The number of benzene rings is 2. The lowest BCUT2D eigenvalue weighted by Gasteiger charge is -2.21. The predicted molar refractivity (Wildman–Crippen MR) is 106 cm³/mol. The van der Waals surface area contributed by atoms with Crippen molar-refractivity contribution in [1.82, 2.24) is 4.98 Å². The third-order valence-electron chi connectivity index (χ3n) is 3.81. The molecule has 4 nitrogen and oxygen atoms in total. The van der Waals surface area contributed by atoms with Crippen LogP contribution in [0.15, 0.2) is 60.8 Å². The van der Waals surface area contributed by atoms with Crippen molar-refractivity contribution in [3.63, 3.8) is 0 Å². The molecule has 0 amide bonds. The van der Waals surface area contributed by atoms with Crippen molar-refractivity contribution in [2.45, 2.75) is 6.10 Å². The van der Waals surface area contributed by atoms with E-state index in [0.717, 1.165) is 11.1 Å². The molecular weight excluding hydrogens is 409 g/mol. The highest BCUT2D eigenvalue weighted by Gasteiger charge is 2.20. The first-order valence-corrected chi connectivity index (χ1v) is 9.03. The van der Waals surface area contributed by atoms with Crippen molar-refractivity contribution >= 4 is 40.8 Å². The van der Waals surface area contributed by atoms with Gasteiger partial charge in [-0.1, -0.05) is 53.0 Å². The highest BCUT2D eigenvalue weighted by Crippen LogP contribution is 2.34. The summed E-state index contributed by atoms with van der Waals surface area (Å²) in [5.74, 6) is -0.141. The van der Waals surface area contributed by atoms with Crippen LogP contribution in [0.25, 0.3) is 0 Å². The minimum atomic E-state index is -0.538. The number of aromatic nitrogens is 1. The Kier molecular flexibility index (Phi) is 6.22. The molecule has 3 rings (SSSR count). The fraction of sp³-hybridized carbons (Fsp3) is 0.100. The average Bonchev–Trinajstić information content (AvgIpc) is 2.67. The molecule has 2 aromatic carbocycles. The molecule has 0 fully saturated rings. The molecule has 0 saturated heterocycles. The summed E-state index contributed by atoms with van der Waals surface area (Å²) in [6.45, 7) is 0. The molecule has 7 heteroatoms. The smallest absolute Gasteiger partial charge is 0.339 e. The lowest BCUT2D eigenvalue weighted by atomic mass is 10.0. The van der Waals surface area contributed by atoms with Gasteiger partial charge in [0.1, 0.15) is 0 Å². The van der Waals surface area contributed by atoms with E-state index in [0.29, 0.717) is 26.5 Å². The molecule has 1 aromatic heterocycles. The van der Waals surface area contributed by atoms with Crippen molar-refractivity contribution in [2.24, 2.45) is 0 Å². The Balaban J connectivity index is 1.97. The van der Waals surface area contributed by atoms with Crippen LogP contribution < -0.4 is 4.74 Å². The second-order valence-electron chi connectivity index (χ2n) is 5.59. The van der Waals surface area contributed by atoms with Gasteiger partial charge in [-0.05, 0) is 35.9 Å². The van der Waals surface area contributed by atoms with Gasteiger partial charge in [-0.3, -0.25) is 0 Å². The van der Waals surface area contributed by atoms with E-state index in [1.54, 1.807) is 42.5 Å². The van der Waals surface area contributed by atoms with Gasteiger partial charge < -0.3 is 9.47 Å². The zero-order chi connectivity index (χ0) is 19.4. The molecule has 3 aromatic rings. The zero-order valence-corrected chi connectivity index (χ0v) is 16.4. The standard InChI is InChI=1S/C20H14Cl3NO3/c1-26-20(25)13-4-9-18(24-11-13)27-19(12-2-5-14(21)6-3-12)16-8-7-15(22)10-17(16)23/h2-11,19H,1H3. The second kappa shape index (κ2) is 8.61. The Morgan fingerprint density at radius 1 is 0.963 bits per heavy atom. The van der Waals surface area contributed by atoms with Crippen LogP contribution in [0.4, 0.5) is 0 Å². The normalized spacial score (nSPS) is 11.7. The van der Waals surface area contributed by atoms with Crippen LogP contribution in [0.2, 0.25) is 15.1 Å². The van der Waals surface area contributed by atoms with E-state index in [4.69, 9.17) is 39.5 Å². The first-order valence-electron chi connectivity index (χ1n) is 7.89. The Hall–Kier alpha value is -2.27. The van der Waals surface area contributed by atoms with E-state index in [9.17, 15) is 4.79 Å². The van der Waals surface area contributed by atoms with Crippen LogP contribution in [0.3, 0.4) is 0 Å². The van der Waals surface area contributed by atoms with Crippen molar-refractivity contribution in [2.75, 3.05) is 7.11 Å². The van der Waals surface area contributed by atoms with E-state index in [2.05, 4.69) is 9.72 Å². The molecule has 0 N–H and O–H groups in total. The number of ether oxygens (including phenoxy) is 2. The van der Waals surface area contributed by atoms with Crippen LogP contribution in [-0.4, -0.2) is 18.1 Å². The summed E-state index contributed by atoms with van der Waals surface area (Å²) in [5, 5.41) is 1.60. The number of nitrogens with zero attached hydrogens (tertiary/aromatic N) is 1. The molecule has 0 aliphatic carbocycles. The molecule has 0 aliphatic rings. The average molecular weight is 423 g/mol. The lowest BCUT2D eigenvalue weighted by molar-refractivity contribution is 0.0600. The first kappa shape index (κ1) is 19.5. The third kappa shape index (κ3) is 4.72. The summed E-state index contributed by atoms with van der Waals surface area (Å²) < 4.78 is 10.8. The van der Waals surface area contributed by atoms with Crippen LogP contribution in [-0.2, 0) is 4.74 Å². The number of carbonyl (C=O) groups is 1. The number of hydrogen-bond acceptors (Lipinski definition) is 4. The number of pyridine rings is 1. The van der Waals surface area contributed by atoms with Crippen molar-refractivity contribution in [1.29, 1.82) is 0 Å². The van der Waals surface area contributed by atoms with Gasteiger partial charge in [0, 0.05) is 32.9 Å². The SMILES string of the molecule is COC(=O)c1ccc(OC(c2ccc(Cl)cc2)c2ccc(Cl)cc2Cl)nc1. The molecule has 1 unspecified atom stereocenters. The maximum atomic E-state index is 11.6. The van der Waals surface area contributed by atoms with Crippen molar-refractivity contribution in [3.05, 3.63) is 92.6 Å². The summed E-state index contributed by atoms with van der Waals surface area (Å²) in [7, 11) is 1.31. The van der Waals surface area contributed by atoms with Gasteiger partial charge in [0.05, 0.1) is 12.7 Å². The molecular formula is C20H14Cl3NO3. The Morgan fingerprint density at radius 2 is 1.67 bits per heavy atom. The number of hydrogen-bond donors (Lipinski definition) is 0. The van der Waals surface area contributed by atoms with E-state index in [1.807, 2.05) is 12.1 Å². The van der Waals surface area contributed by atoms with Crippen molar-refractivity contribution < 1.29 is 14.3 Å². The third-order valence-corrected chi connectivity index (χ3v) is 4.63. The summed E-state index contributed by atoms with van der Waals surface area (Å²) in [6.07, 6.45) is 0.854. The summed E-state index contributed by atoms with van der Waals surface area (Å²) >= 11 is 18.4. The Labute approximate surface area is 171 Å². The predicted octanol–water partition coefficient (Wildman–Crippen LogP) is 6.00. The van der Waals surface area contributed by atoms with Gasteiger partial charge in [-0.2, -0.15) is 0 Å². The topological polar surface area (TPSA) is 48.4 Å². The fourth-order valence-corrected chi connectivity index (χ4v) is 3.11. The maximum Gasteiger partial charge on any atom is 0.339 e. The summed E-state index contributed by atoms with van der Waals surface area (Å²) in [5.41, 5.74) is 1.89. The quantitative estimate of drug-likeness (QED) is 0.473. The minimum absolute atomic E-state index is 0.327. The van der Waals surface area contributed by atoms with Gasteiger partial charge in [0.25, 0.3) is 0 Å². The van der Waals surface area contributed by atoms with Crippen LogP contribution in [0.5, 0.6) is 5.88 Å². The van der Waals surface area contributed by atoms with E-state index >= 15 is 0 Å². The van der Waals surface area contributed by atoms with E-state index < -0.39 is 12.1 Å². The summed E-state index contributed by atoms with van der Waals surface area (Å²) in [6, 6.07) is 15.6. The Bertz CT molecular complexity index is 944. The van der Waals surface area contributed by atoms with Crippen molar-refractivity contribution in [3.8, 4) is 5.88 Å². The first-order chi connectivity index (χ1) is 13.0. The molecule has 0 saturated carbocycles. The molecule has 27 heavy (non-hydrogen) atoms. The largest absolute Gasteiger partial charge is 0.465 e. The molecule has 0 radical (unpaired) electrons. The van der Waals surface area contributed by atoms with Crippen LogP contribution in [0.1, 0.15) is 27.6 Å². The van der Waals surface area contributed by atoms with Gasteiger partial charge in [0.15, 0.2) is 6.10 Å². The van der Waals surface area contributed by atoms with Crippen LogP contribution >= 0.6 is 34.8 Å². The fourth-order valence-electron chi connectivity index (χ4n) is 2.47. The maximum absolute atomic E-state index is 11.6. The van der Waals surface area contributed by atoms with Gasteiger partial charge in [0.2, 0.25) is 5.88 Å². The molecule has 0 aliphatic heterocycles. The minimum Gasteiger partial charge on any atom is -0.465 e. The summed E-state index contributed by atoms with van der Waals surface area (Å²) in [4.78, 5) is 15.7. The van der Waals surface area contributed by atoms with Gasteiger partial charge in [-0.15, -0.1) is 0 Å². The number of rotatable bonds is 5. The number of carbonyl (C=O) groups excluding carboxylic acids is 1. The van der Waals surface area contributed by atoms with E-state index in [-0.39, 0.29) is 0 Å². The molecule has 0 bridgehead atoms. The monoisotopic (exact) mass is 421 g/mol. The van der Waals surface area contributed by atoms with E-state index in [1.165, 1.54) is 13.3 Å². The molecule has 1 atom stereocenters. The van der Waals surface area contributed by atoms with Gasteiger partial charge >= 0.3 is 5.97 Å². The van der Waals surface area contributed by atoms with Gasteiger partial charge in [-0.25, -0.2) is 9.78 Å².